The van der Waals surface area contributed by atoms with Gasteiger partial charge in [0.25, 0.3) is 0 Å². The van der Waals surface area contributed by atoms with Crippen LogP contribution in [-0.2, 0) is 0 Å². The van der Waals surface area contributed by atoms with Gasteiger partial charge in [0.05, 0.1) is 29.6 Å². The summed E-state index contributed by atoms with van der Waals surface area (Å²) < 4.78 is 5.37. The number of aliphatic hydroxyl groups excluding tert-OH is 1. The minimum atomic E-state index is -0.530. The van der Waals surface area contributed by atoms with Crippen molar-refractivity contribution in [1.29, 1.82) is 0 Å². The second kappa shape index (κ2) is 6.16. The number of nitrogens with zero attached hydrogens (tertiary/aromatic N) is 1. The van der Waals surface area contributed by atoms with Gasteiger partial charge in [-0.3, -0.25) is 0 Å². The summed E-state index contributed by atoms with van der Waals surface area (Å²) in [6, 6.07) is 13.3. The fraction of sp³-hybridized carbons (Fsp3) is 0.250. The Morgan fingerprint density at radius 2 is 1.85 bits per heavy atom. The van der Waals surface area contributed by atoms with Crippen LogP contribution in [0.2, 0.25) is 5.02 Å². The Morgan fingerprint density at radius 3 is 2.45 bits per heavy atom. The Balaban J connectivity index is 2.40. The van der Waals surface area contributed by atoms with Crippen molar-refractivity contribution in [2.45, 2.75) is 13.0 Å². The van der Waals surface area contributed by atoms with Crippen molar-refractivity contribution < 1.29 is 9.84 Å². The predicted molar refractivity (Wildman–Crippen MR) is 83.1 cm³/mol. The van der Waals surface area contributed by atoms with E-state index < -0.39 is 6.10 Å². The van der Waals surface area contributed by atoms with Crippen molar-refractivity contribution in [3.8, 4) is 5.75 Å². The van der Waals surface area contributed by atoms with Crippen LogP contribution in [0.15, 0.2) is 42.5 Å². The summed E-state index contributed by atoms with van der Waals surface area (Å²) in [5, 5.41) is 10.2. The van der Waals surface area contributed by atoms with Crippen molar-refractivity contribution >= 4 is 23.0 Å². The van der Waals surface area contributed by atoms with Crippen molar-refractivity contribution in [3.05, 3.63) is 53.1 Å². The summed E-state index contributed by atoms with van der Waals surface area (Å²) in [6.07, 6.45) is -0.530. The van der Waals surface area contributed by atoms with Crippen molar-refractivity contribution in [2.75, 3.05) is 19.1 Å². The van der Waals surface area contributed by atoms with Gasteiger partial charge in [-0.2, -0.15) is 0 Å². The Kier molecular flexibility index (Phi) is 4.53. The molecular formula is C16H18ClNO2. The van der Waals surface area contributed by atoms with E-state index in [1.165, 1.54) is 0 Å². The smallest absolute Gasteiger partial charge is 0.142 e. The van der Waals surface area contributed by atoms with Gasteiger partial charge in [0.15, 0.2) is 0 Å². The maximum absolute atomic E-state index is 9.58. The van der Waals surface area contributed by atoms with Crippen LogP contribution in [0.5, 0.6) is 5.75 Å². The molecule has 4 heteroatoms. The zero-order chi connectivity index (χ0) is 14.7. The van der Waals surface area contributed by atoms with Gasteiger partial charge in [-0.1, -0.05) is 29.8 Å². The van der Waals surface area contributed by atoms with Crippen molar-refractivity contribution in [2.24, 2.45) is 0 Å². The molecule has 0 aromatic heterocycles. The van der Waals surface area contributed by atoms with Crippen molar-refractivity contribution in [3.63, 3.8) is 0 Å². The van der Waals surface area contributed by atoms with Crippen LogP contribution in [0.25, 0.3) is 0 Å². The molecule has 1 unspecified atom stereocenters. The highest BCUT2D eigenvalue weighted by Gasteiger charge is 2.13. The molecule has 2 aromatic carbocycles. The van der Waals surface area contributed by atoms with Gasteiger partial charge in [-0.25, -0.2) is 0 Å². The number of anilines is 2. The van der Waals surface area contributed by atoms with Crippen LogP contribution in [0.3, 0.4) is 0 Å². The molecule has 0 spiro atoms. The molecule has 0 bridgehead atoms. The third-order valence-corrected chi connectivity index (χ3v) is 3.56. The van der Waals surface area contributed by atoms with Crippen LogP contribution in [0.1, 0.15) is 18.6 Å². The van der Waals surface area contributed by atoms with Gasteiger partial charge in [0, 0.05) is 7.05 Å². The second-order valence-corrected chi connectivity index (χ2v) is 5.02. The van der Waals surface area contributed by atoms with Gasteiger partial charge in [-0.05, 0) is 36.8 Å². The van der Waals surface area contributed by atoms with Gasteiger partial charge in [-0.15, -0.1) is 0 Å². The van der Waals surface area contributed by atoms with Crippen LogP contribution < -0.4 is 9.64 Å². The van der Waals surface area contributed by atoms with E-state index in [4.69, 9.17) is 16.3 Å². The molecule has 0 saturated heterocycles. The van der Waals surface area contributed by atoms with Crippen LogP contribution in [0.4, 0.5) is 11.4 Å². The fourth-order valence-electron chi connectivity index (χ4n) is 2.09. The number of para-hydroxylation sites is 2. The molecule has 0 aliphatic heterocycles. The molecule has 0 heterocycles. The lowest BCUT2D eigenvalue weighted by Gasteiger charge is -2.23. The first-order valence-corrected chi connectivity index (χ1v) is 6.76. The Morgan fingerprint density at radius 1 is 1.15 bits per heavy atom. The minimum absolute atomic E-state index is 0.530. The normalized spacial score (nSPS) is 12.1. The molecule has 3 nitrogen and oxygen atoms in total. The third-order valence-electron chi connectivity index (χ3n) is 3.26. The number of hydrogen-bond donors (Lipinski definition) is 1. The maximum atomic E-state index is 9.58. The molecule has 20 heavy (non-hydrogen) atoms. The van der Waals surface area contributed by atoms with Gasteiger partial charge < -0.3 is 14.7 Å². The molecule has 0 fully saturated rings. The van der Waals surface area contributed by atoms with E-state index in [1.807, 2.05) is 48.3 Å². The van der Waals surface area contributed by atoms with E-state index in [9.17, 15) is 5.11 Å². The van der Waals surface area contributed by atoms with E-state index in [-0.39, 0.29) is 0 Å². The molecule has 2 aromatic rings. The zero-order valence-electron chi connectivity index (χ0n) is 11.8. The molecule has 0 saturated carbocycles. The highest BCUT2D eigenvalue weighted by molar-refractivity contribution is 6.33. The zero-order valence-corrected chi connectivity index (χ0v) is 12.6. The number of ether oxygens (including phenoxy) is 1. The lowest BCUT2D eigenvalue weighted by molar-refractivity contribution is 0.199. The average molecular weight is 292 g/mol. The summed E-state index contributed by atoms with van der Waals surface area (Å²) in [6.45, 7) is 1.72. The monoisotopic (exact) mass is 291 g/mol. The number of aliphatic hydroxyl groups is 1. The first-order valence-electron chi connectivity index (χ1n) is 6.39. The summed E-state index contributed by atoms with van der Waals surface area (Å²) in [5.41, 5.74) is 2.59. The highest BCUT2D eigenvalue weighted by Crippen LogP contribution is 2.36. The SMILES string of the molecule is COc1ccccc1N(C)c1ccc(C(C)O)cc1Cl. The number of methoxy groups -OCH3 is 1. The molecule has 0 amide bonds. The molecule has 1 N–H and O–H groups in total. The average Bonchev–Trinajstić information content (AvgIpc) is 2.46. The fourth-order valence-corrected chi connectivity index (χ4v) is 2.41. The lowest BCUT2D eigenvalue weighted by atomic mass is 10.1. The molecule has 1 atom stereocenters. The third kappa shape index (κ3) is 2.89. The summed E-state index contributed by atoms with van der Waals surface area (Å²) in [7, 11) is 3.58. The van der Waals surface area contributed by atoms with E-state index in [0.717, 1.165) is 22.7 Å². The molecule has 0 radical (unpaired) electrons. The number of hydrogen-bond acceptors (Lipinski definition) is 3. The quantitative estimate of drug-likeness (QED) is 0.918. The molecule has 106 valence electrons. The van der Waals surface area contributed by atoms with E-state index in [2.05, 4.69) is 0 Å². The van der Waals surface area contributed by atoms with Crippen LogP contribution in [-0.4, -0.2) is 19.3 Å². The molecular weight excluding hydrogens is 274 g/mol. The Labute approximate surface area is 124 Å². The first kappa shape index (κ1) is 14.7. The maximum Gasteiger partial charge on any atom is 0.142 e. The van der Waals surface area contributed by atoms with Gasteiger partial charge >= 0.3 is 0 Å². The van der Waals surface area contributed by atoms with Gasteiger partial charge in [0.2, 0.25) is 0 Å². The predicted octanol–water partition coefficient (Wildman–Crippen LogP) is 4.17. The highest BCUT2D eigenvalue weighted by atomic mass is 35.5. The summed E-state index contributed by atoms with van der Waals surface area (Å²) in [4.78, 5) is 1.97. The molecule has 0 aliphatic rings. The number of rotatable bonds is 4. The Bertz CT molecular complexity index is 599. The van der Waals surface area contributed by atoms with Gasteiger partial charge in [0.1, 0.15) is 5.75 Å². The van der Waals surface area contributed by atoms with E-state index in [0.29, 0.717) is 5.02 Å². The molecule has 2 rings (SSSR count). The Hall–Kier alpha value is -1.71. The molecule has 0 aliphatic carbocycles. The summed E-state index contributed by atoms with van der Waals surface area (Å²) in [5.74, 6) is 0.783. The second-order valence-electron chi connectivity index (χ2n) is 4.62. The van der Waals surface area contributed by atoms with Crippen LogP contribution >= 0.6 is 11.6 Å². The largest absolute Gasteiger partial charge is 0.495 e. The summed E-state index contributed by atoms with van der Waals surface area (Å²) >= 11 is 6.32. The van der Waals surface area contributed by atoms with E-state index in [1.54, 1.807) is 20.1 Å². The number of benzene rings is 2. The number of halogens is 1. The standard InChI is InChI=1S/C16H18ClNO2/c1-11(19)12-8-9-14(13(17)10-12)18(2)15-6-4-5-7-16(15)20-3/h4-11,19H,1-3H3. The van der Waals surface area contributed by atoms with E-state index >= 15 is 0 Å². The lowest BCUT2D eigenvalue weighted by Crippen LogP contribution is -2.11. The first-order chi connectivity index (χ1) is 9.54. The van der Waals surface area contributed by atoms with Crippen LogP contribution in [0, 0.1) is 0 Å². The minimum Gasteiger partial charge on any atom is -0.495 e. The topological polar surface area (TPSA) is 32.7 Å². The van der Waals surface area contributed by atoms with Crippen molar-refractivity contribution in [1.82, 2.24) is 0 Å².